The molecule has 0 saturated carbocycles. The topological polar surface area (TPSA) is 162 Å². The number of alkyl halides is 3. The van der Waals surface area contributed by atoms with Gasteiger partial charge >= 0.3 is 12.1 Å². The van der Waals surface area contributed by atoms with Crippen molar-refractivity contribution in [3.63, 3.8) is 0 Å². The molecule has 0 bridgehead atoms. The zero-order chi connectivity index (χ0) is 29.3. The van der Waals surface area contributed by atoms with Gasteiger partial charge in [-0.1, -0.05) is 17.3 Å². The Kier molecular flexibility index (Phi) is 10.5. The standard InChI is InChI=1S/C21H20BrFN6O4.C2HF3O2/c22-16-11-15(5-6-17(16)23)24-19(26-31)18-20(28-33-27-18)25-21(30)14-3-1-13(2-4-14)12-29-7-9-32-10-8-29;3-2(4,5)1(6)7/h1-6,11,31H,7-10,12H2,(H,24,26)(H,25,28,30);(H,6,7). The Morgan fingerprint density at radius 1 is 1.07 bits per heavy atom. The minimum Gasteiger partial charge on any atom is -0.475 e. The fourth-order valence-electron chi connectivity index (χ4n) is 3.23. The van der Waals surface area contributed by atoms with Gasteiger partial charge in [0.2, 0.25) is 11.7 Å². The Morgan fingerprint density at radius 3 is 2.30 bits per heavy atom. The van der Waals surface area contributed by atoms with E-state index in [1.54, 1.807) is 12.1 Å². The van der Waals surface area contributed by atoms with Crippen LogP contribution < -0.4 is 10.6 Å². The minimum atomic E-state index is -5.08. The zero-order valence-corrected chi connectivity index (χ0v) is 21.9. The van der Waals surface area contributed by atoms with Crippen molar-refractivity contribution in [2.75, 3.05) is 36.9 Å². The van der Waals surface area contributed by atoms with Crippen LogP contribution in [0.2, 0.25) is 0 Å². The Labute approximate surface area is 231 Å². The van der Waals surface area contributed by atoms with Crippen LogP contribution >= 0.6 is 15.9 Å². The Morgan fingerprint density at radius 2 is 1.73 bits per heavy atom. The number of amides is 1. The molecule has 1 aliphatic rings. The summed E-state index contributed by atoms with van der Waals surface area (Å²) in [4.78, 5) is 23.9. The molecule has 0 atom stereocenters. The number of carbonyl (C=O) groups is 2. The molecule has 1 amide bonds. The Balaban J connectivity index is 0.000000559. The number of rotatable bonds is 6. The monoisotopic (exact) mass is 632 g/mol. The predicted octanol–water partition coefficient (Wildman–Crippen LogP) is 3.94. The highest BCUT2D eigenvalue weighted by atomic mass is 79.9. The number of anilines is 2. The number of aromatic nitrogens is 2. The van der Waals surface area contributed by atoms with Gasteiger partial charge in [-0.15, -0.1) is 0 Å². The van der Waals surface area contributed by atoms with E-state index in [2.05, 4.69) is 46.9 Å². The Hall–Kier alpha value is -4.09. The molecule has 4 rings (SSSR count). The molecule has 1 aromatic heterocycles. The molecular weight excluding hydrogens is 612 g/mol. The number of ether oxygens (including phenoxy) is 1. The van der Waals surface area contributed by atoms with Crippen molar-refractivity contribution < 1.29 is 46.8 Å². The number of aliphatic carboxylic acids is 1. The predicted molar refractivity (Wildman–Crippen MR) is 135 cm³/mol. The van der Waals surface area contributed by atoms with E-state index in [0.717, 1.165) is 38.4 Å². The molecular formula is C23H21BrF4N6O6. The molecule has 0 aliphatic carbocycles. The zero-order valence-electron chi connectivity index (χ0n) is 20.3. The summed E-state index contributed by atoms with van der Waals surface area (Å²) in [6, 6.07) is 11.3. The lowest BCUT2D eigenvalue weighted by atomic mass is 10.1. The molecule has 0 radical (unpaired) electrons. The van der Waals surface area contributed by atoms with Crippen LogP contribution in [0.3, 0.4) is 0 Å². The van der Waals surface area contributed by atoms with Gasteiger partial charge in [-0.2, -0.15) is 13.2 Å². The summed E-state index contributed by atoms with van der Waals surface area (Å²) in [7, 11) is 0. The van der Waals surface area contributed by atoms with Gasteiger partial charge < -0.3 is 25.7 Å². The fraction of sp³-hybridized carbons (Fsp3) is 0.261. The first-order valence-corrected chi connectivity index (χ1v) is 12.0. The molecule has 12 nitrogen and oxygen atoms in total. The maximum atomic E-state index is 13.5. The highest BCUT2D eigenvalue weighted by molar-refractivity contribution is 9.10. The van der Waals surface area contributed by atoms with Gasteiger partial charge in [0.1, 0.15) is 5.82 Å². The summed E-state index contributed by atoms with van der Waals surface area (Å²) in [5.74, 6) is -3.83. The Bertz CT molecular complexity index is 1350. The maximum absolute atomic E-state index is 13.5. The number of amidine groups is 1. The number of morpholine rings is 1. The molecule has 17 heteroatoms. The molecule has 40 heavy (non-hydrogen) atoms. The third-order valence-corrected chi connectivity index (χ3v) is 5.80. The summed E-state index contributed by atoms with van der Waals surface area (Å²) in [6.45, 7) is 3.98. The van der Waals surface area contributed by atoms with E-state index in [1.165, 1.54) is 18.2 Å². The number of carboxylic acid groups (broad SMARTS) is 1. The van der Waals surface area contributed by atoms with E-state index in [1.807, 2.05) is 12.1 Å². The second-order valence-electron chi connectivity index (χ2n) is 8.01. The van der Waals surface area contributed by atoms with Gasteiger partial charge in [0.25, 0.3) is 5.91 Å². The van der Waals surface area contributed by atoms with Crippen LogP contribution in [-0.4, -0.2) is 75.7 Å². The largest absolute Gasteiger partial charge is 0.490 e. The molecule has 1 fully saturated rings. The van der Waals surface area contributed by atoms with E-state index in [4.69, 9.17) is 19.3 Å². The summed E-state index contributed by atoms with van der Waals surface area (Å²) in [5, 5.41) is 32.5. The number of hydrogen-bond acceptors (Lipinski definition) is 9. The number of carboxylic acids is 1. The second-order valence-corrected chi connectivity index (χ2v) is 8.86. The van der Waals surface area contributed by atoms with Gasteiger partial charge in [0.15, 0.2) is 5.69 Å². The molecule has 1 saturated heterocycles. The van der Waals surface area contributed by atoms with Crippen LogP contribution in [0.15, 0.2) is 56.7 Å². The minimum absolute atomic E-state index is 0.0322. The first-order valence-electron chi connectivity index (χ1n) is 11.3. The van der Waals surface area contributed by atoms with Crippen molar-refractivity contribution in [2.24, 2.45) is 5.16 Å². The lowest BCUT2D eigenvalue weighted by molar-refractivity contribution is -0.192. The number of benzene rings is 2. The molecule has 0 unspecified atom stereocenters. The quantitative estimate of drug-likeness (QED) is 0.103. The number of nitrogens with zero attached hydrogens (tertiary/aromatic N) is 4. The van der Waals surface area contributed by atoms with Crippen LogP contribution in [0.1, 0.15) is 21.6 Å². The fourth-order valence-corrected chi connectivity index (χ4v) is 3.61. The van der Waals surface area contributed by atoms with Crippen molar-refractivity contribution in [2.45, 2.75) is 12.7 Å². The van der Waals surface area contributed by atoms with Crippen molar-refractivity contribution >= 4 is 45.1 Å². The molecule has 1 aliphatic heterocycles. The normalized spacial score (nSPS) is 14.2. The van der Waals surface area contributed by atoms with Crippen molar-refractivity contribution in [1.29, 1.82) is 0 Å². The van der Waals surface area contributed by atoms with Crippen molar-refractivity contribution in [3.8, 4) is 0 Å². The van der Waals surface area contributed by atoms with Crippen molar-refractivity contribution in [1.82, 2.24) is 15.2 Å². The molecule has 4 N–H and O–H groups in total. The summed E-state index contributed by atoms with van der Waals surface area (Å²) in [5.41, 5.74) is 1.87. The highest BCUT2D eigenvalue weighted by Crippen LogP contribution is 2.22. The smallest absolute Gasteiger partial charge is 0.475 e. The number of nitrogens with one attached hydrogen (secondary N) is 2. The molecule has 2 heterocycles. The third-order valence-electron chi connectivity index (χ3n) is 5.20. The average molecular weight is 633 g/mol. The average Bonchev–Trinajstić information content (AvgIpc) is 3.38. The lowest BCUT2D eigenvalue weighted by Crippen LogP contribution is -2.35. The van der Waals surface area contributed by atoms with E-state index in [-0.39, 0.29) is 21.8 Å². The van der Waals surface area contributed by atoms with Gasteiger partial charge in [-0.3, -0.25) is 9.69 Å². The van der Waals surface area contributed by atoms with E-state index < -0.39 is 23.9 Å². The number of hydrogen-bond donors (Lipinski definition) is 4. The molecule has 214 valence electrons. The third kappa shape index (κ3) is 8.72. The first kappa shape index (κ1) is 30.5. The van der Waals surface area contributed by atoms with E-state index in [0.29, 0.717) is 11.3 Å². The number of halogens is 5. The molecule has 3 aromatic rings. The second kappa shape index (κ2) is 13.8. The summed E-state index contributed by atoms with van der Waals surface area (Å²) in [6.07, 6.45) is -5.08. The van der Waals surface area contributed by atoms with Crippen LogP contribution in [0.25, 0.3) is 0 Å². The number of oxime groups is 1. The van der Waals surface area contributed by atoms with Gasteiger partial charge in [-0.05, 0) is 62.1 Å². The highest BCUT2D eigenvalue weighted by Gasteiger charge is 2.38. The summed E-state index contributed by atoms with van der Waals surface area (Å²) < 4.78 is 55.5. The van der Waals surface area contributed by atoms with Crippen LogP contribution in [0, 0.1) is 5.82 Å². The first-order chi connectivity index (χ1) is 19.0. The van der Waals surface area contributed by atoms with Crippen LogP contribution in [0.4, 0.5) is 29.1 Å². The SMILES string of the molecule is O=C(Nc1nonc1/C(=N\O)Nc1ccc(F)c(Br)c1)c1ccc(CN2CCOCC2)cc1.O=C(O)C(F)(F)F. The summed E-state index contributed by atoms with van der Waals surface area (Å²) >= 11 is 3.08. The van der Waals surface area contributed by atoms with Crippen molar-refractivity contribution in [3.05, 3.63) is 69.6 Å². The van der Waals surface area contributed by atoms with Gasteiger partial charge in [-0.25, -0.2) is 13.8 Å². The van der Waals surface area contributed by atoms with E-state index in [9.17, 15) is 27.6 Å². The van der Waals surface area contributed by atoms with Gasteiger partial charge in [0, 0.05) is 30.9 Å². The van der Waals surface area contributed by atoms with E-state index >= 15 is 0 Å². The maximum Gasteiger partial charge on any atom is 0.490 e. The number of carbonyl (C=O) groups excluding carboxylic acids is 1. The van der Waals surface area contributed by atoms with Gasteiger partial charge in [0.05, 0.1) is 17.7 Å². The van der Waals surface area contributed by atoms with Crippen LogP contribution in [0.5, 0.6) is 0 Å². The molecule has 2 aromatic carbocycles. The van der Waals surface area contributed by atoms with Crippen LogP contribution in [-0.2, 0) is 16.1 Å². The molecule has 0 spiro atoms. The lowest BCUT2D eigenvalue weighted by Gasteiger charge is -2.26.